The second-order valence-electron chi connectivity index (χ2n) is 8.92. The van der Waals surface area contributed by atoms with Crippen LogP contribution in [0.5, 0.6) is 0 Å². The Morgan fingerprint density at radius 3 is 2.29 bits per heavy atom. The Morgan fingerprint density at radius 1 is 0.921 bits per heavy atom. The number of aliphatic hydroxyl groups is 1. The molecule has 0 aromatic heterocycles. The van der Waals surface area contributed by atoms with Crippen molar-refractivity contribution in [1.29, 1.82) is 0 Å². The molecule has 0 bridgehead atoms. The molecule has 3 atom stereocenters. The molecule has 4 rings (SSSR count). The van der Waals surface area contributed by atoms with Crippen molar-refractivity contribution in [2.75, 3.05) is 12.3 Å². The molecule has 0 radical (unpaired) electrons. The van der Waals surface area contributed by atoms with Crippen molar-refractivity contribution >= 4 is 23.8 Å². The van der Waals surface area contributed by atoms with Gasteiger partial charge in [0.1, 0.15) is 0 Å². The molecule has 200 valence electrons. The Labute approximate surface area is 226 Å². The van der Waals surface area contributed by atoms with Crippen LogP contribution in [-0.2, 0) is 22.6 Å². The van der Waals surface area contributed by atoms with Crippen LogP contribution in [-0.4, -0.2) is 40.6 Å². The van der Waals surface area contributed by atoms with Crippen LogP contribution < -0.4 is 10.6 Å². The van der Waals surface area contributed by atoms with Gasteiger partial charge in [0.05, 0.1) is 24.4 Å². The maximum atomic E-state index is 11.7. The number of aliphatic hydroxyl groups excluding tert-OH is 1. The number of carbonyl (C=O) groups is 2. The highest BCUT2D eigenvalue weighted by Crippen LogP contribution is 2.39. The van der Waals surface area contributed by atoms with Crippen molar-refractivity contribution < 1.29 is 29.3 Å². The van der Waals surface area contributed by atoms with Gasteiger partial charge >= 0.3 is 12.0 Å². The molecular weight excluding hydrogens is 504 g/mol. The first-order valence-electron chi connectivity index (χ1n) is 12.5. The van der Waals surface area contributed by atoms with Gasteiger partial charge in [-0.3, -0.25) is 0 Å². The highest BCUT2D eigenvalue weighted by Gasteiger charge is 2.32. The minimum atomic E-state index is -0.956. The molecular formula is C29H32N2O6S. The Morgan fingerprint density at radius 2 is 1.61 bits per heavy atom. The first-order chi connectivity index (χ1) is 18.5. The molecule has 1 aliphatic heterocycles. The Kier molecular flexibility index (Phi) is 9.78. The van der Waals surface area contributed by atoms with Gasteiger partial charge in [-0.2, -0.15) is 0 Å². The monoisotopic (exact) mass is 536 g/mol. The number of amides is 2. The number of rotatable bonds is 10. The lowest BCUT2D eigenvalue weighted by Crippen LogP contribution is -2.34. The number of urea groups is 1. The Balaban J connectivity index is 1.49. The normalized spacial score (nSPS) is 19.1. The van der Waals surface area contributed by atoms with Gasteiger partial charge < -0.3 is 30.3 Å². The zero-order valence-corrected chi connectivity index (χ0v) is 21.9. The number of aromatic carboxylic acids is 1. The van der Waals surface area contributed by atoms with Crippen molar-refractivity contribution in [1.82, 2.24) is 10.6 Å². The van der Waals surface area contributed by atoms with Crippen LogP contribution in [0.25, 0.3) is 0 Å². The molecule has 1 saturated heterocycles. The number of ether oxygens (including phenoxy) is 2. The van der Waals surface area contributed by atoms with E-state index < -0.39 is 12.3 Å². The van der Waals surface area contributed by atoms with Gasteiger partial charge in [-0.05, 0) is 35.7 Å². The summed E-state index contributed by atoms with van der Waals surface area (Å²) in [5.41, 5.74) is 3.88. The topological polar surface area (TPSA) is 117 Å². The highest BCUT2D eigenvalue weighted by atomic mass is 32.2. The molecule has 1 heterocycles. The minimum absolute atomic E-state index is 0.0267. The standard InChI is InChI=1S/C29H32N2O6S/c1-2-30-29(35)31-16-19-7-13-22(14-8-19)28-36-23(18-38-26-6-4-3-5-24(26)27(33)34)15-25(37-28)21-11-9-20(17-32)10-12-21/h3-14,23,25,28,32H,2,15-18H2,1H3,(H,33,34)(H2,30,31,35)/t23-,25+,28+/m1/s1. The molecule has 1 fully saturated rings. The number of carbonyl (C=O) groups excluding carboxylic acids is 1. The number of benzene rings is 3. The Hall–Kier alpha value is -3.37. The lowest BCUT2D eigenvalue weighted by Gasteiger charge is -2.36. The summed E-state index contributed by atoms with van der Waals surface area (Å²) < 4.78 is 12.7. The van der Waals surface area contributed by atoms with Gasteiger partial charge in [0.15, 0.2) is 6.29 Å². The van der Waals surface area contributed by atoms with Crippen molar-refractivity contribution in [3.8, 4) is 0 Å². The third-order valence-corrected chi connectivity index (χ3v) is 7.40. The van der Waals surface area contributed by atoms with Gasteiger partial charge in [-0.1, -0.05) is 60.7 Å². The average molecular weight is 537 g/mol. The summed E-state index contributed by atoms with van der Waals surface area (Å²) in [5, 5.41) is 24.5. The summed E-state index contributed by atoms with van der Waals surface area (Å²) in [6, 6.07) is 22.1. The van der Waals surface area contributed by atoms with Crippen molar-refractivity contribution in [3.63, 3.8) is 0 Å². The van der Waals surface area contributed by atoms with E-state index in [0.29, 0.717) is 30.2 Å². The van der Waals surface area contributed by atoms with Gasteiger partial charge in [0.25, 0.3) is 0 Å². The molecule has 0 saturated carbocycles. The molecule has 9 heteroatoms. The van der Waals surface area contributed by atoms with Gasteiger partial charge in [0.2, 0.25) is 0 Å². The minimum Gasteiger partial charge on any atom is -0.478 e. The van der Waals surface area contributed by atoms with E-state index in [1.54, 1.807) is 12.1 Å². The molecule has 8 nitrogen and oxygen atoms in total. The van der Waals surface area contributed by atoms with Crippen LogP contribution in [0.3, 0.4) is 0 Å². The maximum Gasteiger partial charge on any atom is 0.336 e. The maximum absolute atomic E-state index is 11.7. The molecule has 3 aromatic rings. The zero-order chi connectivity index (χ0) is 26.9. The van der Waals surface area contributed by atoms with Crippen LogP contribution in [0, 0.1) is 0 Å². The van der Waals surface area contributed by atoms with E-state index >= 15 is 0 Å². The van der Waals surface area contributed by atoms with Crippen LogP contribution in [0.15, 0.2) is 77.7 Å². The van der Waals surface area contributed by atoms with E-state index in [1.165, 1.54) is 11.8 Å². The number of carboxylic acids is 1. The smallest absolute Gasteiger partial charge is 0.336 e. The summed E-state index contributed by atoms with van der Waals surface area (Å²) in [5.74, 6) is -0.397. The molecule has 2 amide bonds. The van der Waals surface area contributed by atoms with Crippen molar-refractivity contribution in [2.24, 2.45) is 0 Å². The van der Waals surface area contributed by atoms with Gasteiger partial charge in [-0.15, -0.1) is 11.8 Å². The third-order valence-electron chi connectivity index (χ3n) is 6.20. The highest BCUT2D eigenvalue weighted by molar-refractivity contribution is 7.99. The first kappa shape index (κ1) is 27.7. The summed E-state index contributed by atoms with van der Waals surface area (Å²) >= 11 is 1.46. The quantitative estimate of drug-likeness (QED) is 0.268. The first-order valence-corrected chi connectivity index (χ1v) is 13.5. The van der Waals surface area contributed by atoms with Gasteiger partial charge in [0, 0.05) is 35.7 Å². The molecule has 0 aliphatic carbocycles. The largest absolute Gasteiger partial charge is 0.478 e. The number of hydrogen-bond acceptors (Lipinski definition) is 6. The fourth-order valence-electron chi connectivity index (χ4n) is 4.17. The number of nitrogens with one attached hydrogen (secondary N) is 2. The van der Waals surface area contributed by atoms with Crippen LogP contribution in [0.1, 0.15) is 58.4 Å². The lowest BCUT2D eigenvalue weighted by molar-refractivity contribution is -0.245. The second kappa shape index (κ2) is 13.4. The van der Waals surface area contributed by atoms with E-state index in [1.807, 2.05) is 67.6 Å². The molecule has 3 aromatic carbocycles. The molecule has 38 heavy (non-hydrogen) atoms. The summed E-state index contributed by atoms with van der Waals surface area (Å²) in [7, 11) is 0. The molecule has 1 aliphatic rings. The van der Waals surface area contributed by atoms with Gasteiger partial charge in [-0.25, -0.2) is 9.59 Å². The van der Waals surface area contributed by atoms with Crippen molar-refractivity contribution in [2.45, 2.75) is 49.9 Å². The van der Waals surface area contributed by atoms with Crippen LogP contribution >= 0.6 is 11.8 Å². The van der Waals surface area contributed by atoms with Crippen LogP contribution in [0.4, 0.5) is 4.79 Å². The Bertz CT molecular complexity index is 1220. The second-order valence-corrected chi connectivity index (χ2v) is 9.98. The molecule has 4 N–H and O–H groups in total. The van der Waals surface area contributed by atoms with Crippen molar-refractivity contribution in [3.05, 3.63) is 101 Å². The SMILES string of the molecule is CCNC(=O)NCc1ccc([C@H]2O[C@@H](CSc3ccccc3C(=O)O)C[C@@H](c3ccc(CO)cc3)O2)cc1. The van der Waals surface area contributed by atoms with E-state index in [0.717, 1.165) is 22.3 Å². The van der Waals surface area contributed by atoms with E-state index in [-0.39, 0.29) is 30.4 Å². The lowest BCUT2D eigenvalue weighted by atomic mass is 10.0. The zero-order valence-electron chi connectivity index (χ0n) is 21.1. The summed E-state index contributed by atoms with van der Waals surface area (Å²) in [4.78, 5) is 24.0. The summed E-state index contributed by atoms with van der Waals surface area (Å²) in [6.07, 6.45) is -0.439. The van der Waals surface area contributed by atoms with E-state index in [4.69, 9.17) is 9.47 Å². The predicted molar refractivity (Wildman–Crippen MR) is 145 cm³/mol. The number of thioether (sulfide) groups is 1. The fraction of sp³-hybridized carbons (Fsp3) is 0.310. The number of carboxylic acid groups (broad SMARTS) is 1. The van der Waals surface area contributed by atoms with E-state index in [2.05, 4.69) is 10.6 Å². The fourth-order valence-corrected chi connectivity index (χ4v) is 5.24. The molecule has 0 spiro atoms. The molecule has 0 unspecified atom stereocenters. The predicted octanol–water partition coefficient (Wildman–Crippen LogP) is 5.03. The van der Waals surface area contributed by atoms with E-state index in [9.17, 15) is 19.8 Å². The average Bonchev–Trinajstić information content (AvgIpc) is 2.95. The number of hydrogen-bond donors (Lipinski definition) is 4. The van der Waals surface area contributed by atoms with Crippen LogP contribution in [0.2, 0.25) is 0 Å². The third kappa shape index (κ3) is 7.35. The summed E-state index contributed by atoms with van der Waals surface area (Å²) in [6.45, 7) is 2.80.